The molecule has 2 heterocycles. The average Bonchev–Trinajstić information content (AvgIpc) is 2.94. The van der Waals surface area contributed by atoms with Crippen molar-refractivity contribution in [3.05, 3.63) is 34.0 Å². The van der Waals surface area contributed by atoms with E-state index in [2.05, 4.69) is 23.4 Å². The fourth-order valence-corrected chi connectivity index (χ4v) is 3.14. The Balaban J connectivity index is 2.06. The predicted molar refractivity (Wildman–Crippen MR) is 81.6 cm³/mol. The first-order valence-electron chi connectivity index (χ1n) is 7.43. The molecule has 1 saturated carbocycles. The van der Waals surface area contributed by atoms with Crippen LogP contribution < -0.4 is 5.32 Å². The fraction of sp³-hybridized carbons (Fsp3) is 0.467. The van der Waals surface area contributed by atoms with E-state index in [0.29, 0.717) is 22.7 Å². The van der Waals surface area contributed by atoms with Crippen molar-refractivity contribution in [2.24, 2.45) is 5.92 Å². The number of rotatable bonds is 3. The molecule has 114 valence electrons. The largest absolute Gasteiger partial charge is 0.377 e. The Morgan fingerprint density at radius 1 is 1.45 bits per heavy atom. The van der Waals surface area contributed by atoms with Gasteiger partial charge in [-0.2, -0.15) is 5.26 Å². The molecule has 0 radical (unpaired) electrons. The summed E-state index contributed by atoms with van der Waals surface area (Å²) in [6.07, 6.45) is 5.97. The standard InChI is InChI=1S/C15H17N5O2/c1-10-4-2-3-5-12(10)18-15-11(8-16)9-17-19-13(15)6-7-14(19)20(21)22/h6-7,9-10,12,18H,2-5H2,1H3/t10-,12+/m0/s1. The van der Waals surface area contributed by atoms with Gasteiger partial charge in [-0.3, -0.25) is 0 Å². The maximum absolute atomic E-state index is 11.0. The van der Waals surface area contributed by atoms with Gasteiger partial charge in [-0.05, 0) is 29.7 Å². The SMILES string of the molecule is C[C@H]1CCCC[C@H]1Nc1c(C#N)cnn2c([N+](=O)[O-])ccc12. The van der Waals surface area contributed by atoms with Gasteiger partial charge in [0, 0.05) is 12.1 Å². The Labute approximate surface area is 127 Å². The van der Waals surface area contributed by atoms with E-state index < -0.39 is 4.92 Å². The molecule has 1 fully saturated rings. The van der Waals surface area contributed by atoms with Gasteiger partial charge in [0.1, 0.15) is 17.3 Å². The average molecular weight is 299 g/mol. The lowest BCUT2D eigenvalue weighted by Gasteiger charge is -2.30. The van der Waals surface area contributed by atoms with Crippen LogP contribution in [0.4, 0.5) is 11.5 Å². The number of nitro groups is 1. The summed E-state index contributed by atoms with van der Waals surface area (Å²) in [4.78, 5) is 10.6. The number of nitrogens with one attached hydrogen (secondary N) is 1. The van der Waals surface area contributed by atoms with E-state index >= 15 is 0 Å². The van der Waals surface area contributed by atoms with Gasteiger partial charge in [0.25, 0.3) is 0 Å². The molecule has 0 spiro atoms. The van der Waals surface area contributed by atoms with Gasteiger partial charge in [0.2, 0.25) is 0 Å². The first kappa shape index (κ1) is 14.3. The molecule has 1 N–H and O–H groups in total. The smallest absolute Gasteiger partial charge is 0.348 e. The van der Waals surface area contributed by atoms with E-state index in [0.717, 1.165) is 19.3 Å². The van der Waals surface area contributed by atoms with Crippen molar-refractivity contribution in [3.8, 4) is 6.07 Å². The van der Waals surface area contributed by atoms with Gasteiger partial charge in [0.05, 0.1) is 6.20 Å². The molecule has 22 heavy (non-hydrogen) atoms. The third kappa shape index (κ3) is 2.37. The molecular weight excluding hydrogens is 282 g/mol. The predicted octanol–water partition coefficient (Wildman–Crippen LogP) is 3.10. The molecule has 2 atom stereocenters. The molecule has 2 aromatic heterocycles. The van der Waals surface area contributed by atoms with Crippen LogP contribution in [0.15, 0.2) is 18.3 Å². The highest BCUT2D eigenvalue weighted by atomic mass is 16.6. The third-order valence-electron chi connectivity index (χ3n) is 4.41. The van der Waals surface area contributed by atoms with Crippen LogP contribution in [0.2, 0.25) is 0 Å². The van der Waals surface area contributed by atoms with Crippen molar-refractivity contribution < 1.29 is 4.92 Å². The van der Waals surface area contributed by atoms with Crippen LogP contribution >= 0.6 is 0 Å². The zero-order valence-electron chi connectivity index (χ0n) is 12.3. The normalized spacial score (nSPS) is 21.5. The highest BCUT2D eigenvalue weighted by molar-refractivity contribution is 5.79. The lowest BCUT2D eigenvalue weighted by molar-refractivity contribution is -0.390. The molecule has 0 aliphatic heterocycles. The minimum absolute atomic E-state index is 0.0979. The van der Waals surface area contributed by atoms with E-state index in [1.807, 2.05) is 0 Å². The van der Waals surface area contributed by atoms with Crippen LogP contribution in [-0.2, 0) is 0 Å². The topological polar surface area (TPSA) is 96.3 Å². The summed E-state index contributed by atoms with van der Waals surface area (Å²) in [5.41, 5.74) is 1.63. The van der Waals surface area contributed by atoms with Crippen molar-refractivity contribution >= 4 is 17.0 Å². The van der Waals surface area contributed by atoms with Crippen LogP contribution in [-0.4, -0.2) is 20.6 Å². The summed E-state index contributed by atoms with van der Waals surface area (Å²) in [6, 6.07) is 5.46. The molecule has 7 nitrogen and oxygen atoms in total. The Morgan fingerprint density at radius 2 is 2.23 bits per heavy atom. The Hall–Kier alpha value is -2.62. The second kappa shape index (κ2) is 5.64. The highest BCUT2D eigenvalue weighted by Gasteiger charge is 2.25. The monoisotopic (exact) mass is 299 g/mol. The van der Waals surface area contributed by atoms with Gasteiger partial charge in [0.15, 0.2) is 5.52 Å². The molecule has 3 rings (SSSR count). The molecule has 0 aromatic carbocycles. The first-order chi connectivity index (χ1) is 10.6. The lowest BCUT2D eigenvalue weighted by Crippen LogP contribution is -2.30. The summed E-state index contributed by atoms with van der Waals surface area (Å²) >= 11 is 0. The third-order valence-corrected chi connectivity index (χ3v) is 4.41. The minimum atomic E-state index is -0.473. The first-order valence-corrected chi connectivity index (χ1v) is 7.43. The number of fused-ring (bicyclic) bond motifs is 1. The van der Waals surface area contributed by atoms with E-state index in [9.17, 15) is 15.4 Å². The number of aromatic nitrogens is 2. The van der Waals surface area contributed by atoms with E-state index in [1.54, 1.807) is 6.07 Å². The van der Waals surface area contributed by atoms with Crippen LogP contribution in [0.25, 0.3) is 5.52 Å². The molecule has 0 unspecified atom stereocenters. The van der Waals surface area contributed by atoms with Gasteiger partial charge >= 0.3 is 5.82 Å². The second-order valence-corrected chi connectivity index (χ2v) is 5.80. The number of hydrogen-bond acceptors (Lipinski definition) is 5. The Morgan fingerprint density at radius 3 is 2.91 bits per heavy atom. The maximum atomic E-state index is 11.0. The molecule has 0 amide bonds. The zero-order chi connectivity index (χ0) is 15.7. The molecule has 7 heteroatoms. The molecule has 1 aliphatic carbocycles. The maximum Gasteiger partial charge on any atom is 0.348 e. The number of nitriles is 1. The number of anilines is 1. The van der Waals surface area contributed by atoms with Crippen molar-refractivity contribution in [3.63, 3.8) is 0 Å². The van der Waals surface area contributed by atoms with Crippen molar-refractivity contribution in [2.75, 3.05) is 5.32 Å². The molecule has 0 bridgehead atoms. The highest BCUT2D eigenvalue weighted by Crippen LogP contribution is 2.31. The molecule has 0 saturated heterocycles. The van der Waals surface area contributed by atoms with E-state index in [-0.39, 0.29) is 11.9 Å². The number of hydrogen-bond donors (Lipinski definition) is 1. The second-order valence-electron chi connectivity index (χ2n) is 5.80. The van der Waals surface area contributed by atoms with Crippen LogP contribution in [0.5, 0.6) is 0 Å². The van der Waals surface area contributed by atoms with Gasteiger partial charge < -0.3 is 15.4 Å². The zero-order valence-corrected chi connectivity index (χ0v) is 12.3. The summed E-state index contributed by atoms with van der Waals surface area (Å²) in [5.74, 6) is 0.415. The summed E-state index contributed by atoms with van der Waals surface area (Å²) < 4.78 is 1.27. The van der Waals surface area contributed by atoms with Crippen molar-refractivity contribution in [2.45, 2.75) is 38.6 Å². The van der Waals surface area contributed by atoms with Gasteiger partial charge in [-0.15, -0.1) is 0 Å². The fourth-order valence-electron chi connectivity index (χ4n) is 3.14. The van der Waals surface area contributed by atoms with Crippen LogP contribution in [0, 0.1) is 27.4 Å². The minimum Gasteiger partial charge on any atom is -0.377 e. The Bertz CT molecular complexity index is 761. The molecule has 1 aliphatic rings. The van der Waals surface area contributed by atoms with Crippen molar-refractivity contribution in [1.29, 1.82) is 5.26 Å². The van der Waals surface area contributed by atoms with Crippen molar-refractivity contribution in [1.82, 2.24) is 9.61 Å². The van der Waals surface area contributed by atoms with E-state index in [1.165, 1.54) is 23.2 Å². The van der Waals surface area contributed by atoms with E-state index in [4.69, 9.17) is 0 Å². The molecule has 2 aromatic rings. The summed E-state index contributed by atoms with van der Waals surface area (Å²) in [7, 11) is 0. The Kier molecular flexibility index (Phi) is 3.67. The quantitative estimate of drug-likeness (QED) is 0.694. The van der Waals surface area contributed by atoms with Crippen LogP contribution in [0.3, 0.4) is 0 Å². The lowest BCUT2D eigenvalue weighted by atomic mass is 9.85. The van der Waals surface area contributed by atoms with Gasteiger partial charge in [-0.1, -0.05) is 29.4 Å². The summed E-state index contributed by atoms with van der Waals surface area (Å²) in [6.45, 7) is 2.20. The van der Waals surface area contributed by atoms with Gasteiger partial charge in [-0.25, -0.2) is 0 Å². The summed E-state index contributed by atoms with van der Waals surface area (Å²) in [5, 5.41) is 27.8. The molecular formula is C15H17N5O2. The van der Waals surface area contributed by atoms with Crippen LogP contribution in [0.1, 0.15) is 38.2 Å². The number of nitrogens with zero attached hydrogens (tertiary/aromatic N) is 4.